The molecule has 3 aliphatic heterocycles. The fraction of sp³-hybridized carbons (Fsp3) is 0.944. The van der Waals surface area contributed by atoms with Crippen LogP contribution in [0.15, 0.2) is 0 Å². The fourth-order valence-electron chi connectivity index (χ4n) is 4.80. The van der Waals surface area contributed by atoms with Gasteiger partial charge in [0.1, 0.15) is 0 Å². The van der Waals surface area contributed by atoms with Crippen molar-refractivity contribution in [2.75, 3.05) is 13.1 Å². The van der Waals surface area contributed by atoms with E-state index in [1.165, 1.54) is 12.8 Å². The fourth-order valence-corrected chi connectivity index (χ4v) is 4.80. The first-order valence-corrected chi connectivity index (χ1v) is 9.38. The Balaban J connectivity index is 0.00000156. The SMILES string of the molecule is CC1CN(C(C(=O)NC2CC3CCC(C2)N3)C(C)C)CC(C)O1.Cl.Cl. The number of amides is 1. The molecular formula is C18H35Cl2N3O2. The van der Waals surface area contributed by atoms with Crippen molar-refractivity contribution in [2.45, 2.75) is 89.8 Å². The van der Waals surface area contributed by atoms with Crippen molar-refractivity contribution in [3.8, 4) is 0 Å². The van der Waals surface area contributed by atoms with Crippen molar-refractivity contribution >= 4 is 30.7 Å². The number of hydrogen-bond donors (Lipinski definition) is 2. The summed E-state index contributed by atoms with van der Waals surface area (Å²) < 4.78 is 5.83. The van der Waals surface area contributed by atoms with Crippen LogP contribution in [0.2, 0.25) is 0 Å². The number of morpholine rings is 1. The zero-order valence-corrected chi connectivity index (χ0v) is 17.5. The number of hydrogen-bond acceptors (Lipinski definition) is 4. The van der Waals surface area contributed by atoms with E-state index in [1.807, 2.05) is 0 Å². The summed E-state index contributed by atoms with van der Waals surface area (Å²) in [6.45, 7) is 10.2. The van der Waals surface area contributed by atoms with Gasteiger partial charge in [-0.15, -0.1) is 24.8 Å². The molecule has 1 amide bonds. The van der Waals surface area contributed by atoms with Gasteiger partial charge in [0, 0.05) is 31.2 Å². The Bertz CT molecular complexity index is 417. The normalized spacial score (nSPS) is 36.3. The van der Waals surface area contributed by atoms with Gasteiger partial charge in [-0.2, -0.15) is 0 Å². The molecule has 0 spiro atoms. The van der Waals surface area contributed by atoms with Gasteiger partial charge in [-0.3, -0.25) is 9.69 Å². The number of carbonyl (C=O) groups excluding carboxylic acids is 1. The maximum Gasteiger partial charge on any atom is 0.237 e. The standard InChI is InChI=1S/C18H33N3O2.2ClH/c1-11(2)17(21-9-12(3)23-13(4)10-21)18(22)20-16-7-14-5-6-15(8-16)19-14;;/h11-17,19H,5-10H2,1-4H3,(H,20,22);2*1H. The lowest BCUT2D eigenvalue weighted by atomic mass is 9.96. The van der Waals surface area contributed by atoms with Gasteiger partial charge in [0.2, 0.25) is 5.91 Å². The highest BCUT2D eigenvalue weighted by Gasteiger charge is 2.38. The van der Waals surface area contributed by atoms with Gasteiger partial charge in [0.15, 0.2) is 0 Å². The van der Waals surface area contributed by atoms with Crippen LogP contribution in [0, 0.1) is 5.92 Å². The van der Waals surface area contributed by atoms with Crippen molar-refractivity contribution < 1.29 is 9.53 Å². The largest absolute Gasteiger partial charge is 0.373 e. The number of nitrogens with one attached hydrogen (secondary N) is 2. The van der Waals surface area contributed by atoms with Crippen LogP contribution in [-0.4, -0.2) is 60.3 Å². The smallest absolute Gasteiger partial charge is 0.237 e. The van der Waals surface area contributed by atoms with Crippen LogP contribution in [0.3, 0.4) is 0 Å². The minimum absolute atomic E-state index is 0. The van der Waals surface area contributed by atoms with Crippen molar-refractivity contribution in [1.29, 1.82) is 0 Å². The van der Waals surface area contributed by atoms with E-state index in [2.05, 4.69) is 43.2 Å². The van der Waals surface area contributed by atoms with E-state index >= 15 is 0 Å². The molecule has 0 radical (unpaired) electrons. The van der Waals surface area contributed by atoms with Crippen LogP contribution in [0.1, 0.15) is 53.4 Å². The predicted molar refractivity (Wildman–Crippen MR) is 106 cm³/mol. The molecule has 0 aliphatic carbocycles. The molecule has 0 saturated carbocycles. The highest BCUT2D eigenvalue weighted by Crippen LogP contribution is 2.27. The summed E-state index contributed by atoms with van der Waals surface area (Å²) in [5.74, 6) is 0.526. The molecular weight excluding hydrogens is 361 g/mol. The first-order chi connectivity index (χ1) is 10.9. The monoisotopic (exact) mass is 395 g/mol. The third-order valence-electron chi connectivity index (χ3n) is 5.56. The van der Waals surface area contributed by atoms with Crippen LogP contribution in [-0.2, 0) is 9.53 Å². The highest BCUT2D eigenvalue weighted by molar-refractivity contribution is 5.85. The van der Waals surface area contributed by atoms with E-state index in [9.17, 15) is 4.79 Å². The Labute approximate surface area is 164 Å². The second-order valence-corrected chi connectivity index (χ2v) is 8.21. The Morgan fingerprint density at radius 1 is 1.08 bits per heavy atom. The van der Waals surface area contributed by atoms with Gasteiger partial charge in [0.05, 0.1) is 18.2 Å². The summed E-state index contributed by atoms with van der Waals surface area (Å²) in [6, 6.07) is 1.52. The lowest BCUT2D eigenvalue weighted by Crippen LogP contribution is -2.59. The maximum atomic E-state index is 13.0. The first kappa shape index (κ1) is 23.0. The Hall–Kier alpha value is -0.0700. The lowest BCUT2D eigenvalue weighted by molar-refractivity contribution is -0.136. The minimum Gasteiger partial charge on any atom is -0.373 e. The van der Waals surface area contributed by atoms with Gasteiger partial charge >= 0.3 is 0 Å². The van der Waals surface area contributed by atoms with E-state index in [0.29, 0.717) is 24.0 Å². The van der Waals surface area contributed by atoms with E-state index in [1.54, 1.807) is 0 Å². The molecule has 2 N–H and O–H groups in total. The first-order valence-electron chi connectivity index (χ1n) is 9.38. The van der Waals surface area contributed by atoms with E-state index < -0.39 is 0 Å². The van der Waals surface area contributed by atoms with Crippen molar-refractivity contribution in [2.24, 2.45) is 5.92 Å². The molecule has 5 unspecified atom stereocenters. The Morgan fingerprint density at radius 2 is 1.60 bits per heavy atom. The van der Waals surface area contributed by atoms with Crippen LogP contribution < -0.4 is 10.6 Å². The van der Waals surface area contributed by atoms with Gasteiger partial charge in [-0.1, -0.05) is 13.8 Å². The number of ether oxygens (including phenoxy) is 1. The van der Waals surface area contributed by atoms with Crippen molar-refractivity contribution in [1.82, 2.24) is 15.5 Å². The van der Waals surface area contributed by atoms with Crippen LogP contribution >= 0.6 is 24.8 Å². The molecule has 3 heterocycles. The van der Waals surface area contributed by atoms with Crippen LogP contribution in [0.4, 0.5) is 0 Å². The summed E-state index contributed by atoms with van der Waals surface area (Å²) in [5, 5.41) is 7.01. The number of fused-ring (bicyclic) bond motifs is 2. The number of rotatable bonds is 4. The Kier molecular flexibility index (Phi) is 8.95. The molecule has 2 bridgehead atoms. The predicted octanol–water partition coefficient (Wildman–Crippen LogP) is 2.36. The third kappa shape index (κ3) is 5.70. The molecule has 5 atom stereocenters. The highest BCUT2D eigenvalue weighted by atomic mass is 35.5. The number of carbonyl (C=O) groups is 1. The van der Waals surface area contributed by atoms with E-state index in [-0.39, 0.29) is 49.0 Å². The summed E-state index contributed by atoms with van der Waals surface area (Å²) in [6.07, 6.45) is 5.10. The topological polar surface area (TPSA) is 53.6 Å². The molecule has 3 saturated heterocycles. The average molecular weight is 396 g/mol. The maximum absolute atomic E-state index is 13.0. The van der Waals surface area contributed by atoms with Crippen LogP contribution in [0.5, 0.6) is 0 Å². The Morgan fingerprint density at radius 3 is 2.08 bits per heavy atom. The average Bonchev–Trinajstić information content (AvgIpc) is 2.76. The molecule has 3 rings (SSSR count). The molecule has 148 valence electrons. The van der Waals surface area contributed by atoms with Crippen molar-refractivity contribution in [3.05, 3.63) is 0 Å². The van der Waals surface area contributed by atoms with E-state index in [4.69, 9.17) is 4.74 Å². The minimum atomic E-state index is -0.0451. The second kappa shape index (κ2) is 9.75. The zero-order chi connectivity index (χ0) is 16.6. The molecule has 3 aliphatic rings. The second-order valence-electron chi connectivity index (χ2n) is 8.21. The lowest BCUT2D eigenvalue weighted by Gasteiger charge is -2.41. The van der Waals surface area contributed by atoms with Gasteiger partial charge in [0.25, 0.3) is 0 Å². The molecule has 3 fully saturated rings. The number of nitrogens with zero attached hydrogens (tertiary/aromatic N) is 1. The molecule has 5 nitrogen and oxygen atoms in total. The van der Waals surface area contributed by atoms with Gasteiger partial charge in [-0.05, 0) is 45.4 Å². The third-order valence-corrected chi connectivity index (χ3v) is 5.56. The quantitative estimate of drug-likeness (QED) is 0.766. The van der Waals surface area contributed by atoms with Crippen LogP contribution in [0.25, 0.3) is 0 Å². The summed E-state index contributed by atoms with van der Waals surface area (Å²) in [5.41, 5.74) is 0. The number of piperidine rings is 1. The molecule has 0 aromatic heterocycles. The molecule has 7 heteroatoms. The molecule has 0 aromatic rings. The van der Waals surface area contributed by atoms with Gasteiger partial charge in [-0.25, -0.2) is 0 Å². The van der Waals surface area contributed by atoms with Gasteiger partial charge < -0.3 is 15.4 Å². The number of halogens is 2. The molecule has 25 heavy (non-hydrogen) atoms. The van der Waals surface area contributed by atoms with Crippen molar-refractivity contribution in [3.63, 3.8) is 0 Å². The van der Waals surface area contributed by atoms with E-state index in [0.717, 1.165) is 25.9 Å². The molecule has 0 aromatic carbocycles. The summed E-state index contributed by atoms with van der Waals surface area (Å²) >= 11 is 0. The zero-order valence-electron chi connectivity index (χ0n) is 15.9. The summed E-state index contributed by atoms with van der Waals surface area (Å²) in [4.78, 5) is 15.3. The summed E-state index contributed by atoms with van der Waals surface area (Å²) in [7, 11) is 0.